The topological polar surface area (TPSA) is 77.8 Å². The van der Waals surface area contributed by atoms with E-state index in [1.165, 1.54) is 4.90 Å². The third-order valence-electron chi connectivity index (χ3n) is 4.49. The molecule has 1 aliphatic rings. The van der Waals surface area contributed by atoms with Crippen molar-refractivity contribution in [3.05, 3.63) is 40.4 Å². The van der Waals surface area contributed by atoms with Crippen LogP contribution >= 0.6 is 11.6 Å². The number of hydrogen-bond donors (Lipinski definition) is 2. The zero-order chi connectivity index (χ0) is 20.5. The zero-order valence-corrected chi connectivity index (χ0v) is 16.8. The van der Waals surface area contributed by atoms with Gasteiger partial charge in [-0.05, 0) is 6.07 Å². The minimum Gasteiger partial charge on any atom is -0.365 e. The number of aromatic nitrogens is 3. The number of hydrogen-bond acceptors (Lipinski definition) is 6. The second kappa shape index (κ2) is 7.58. The summed E-state index contributed by atoms with van der Waals surface area (Å²) in [4.78, 5) is 14.7. The van der Waals surface area contributed by atoms with Gasteiger partial charge >= 0.3 is 0 Å². The maximum absolute atomic E-state index is 13.8. The van der Waals surface area contributed by atoms with E-state index in [1.807, 2.05) is 26.8 Å². The Morgan fingerprint density at radius 1 is 1.36 bits per heavy atom. The largest absolute Gasteiger partial charge is 0.365 e. The van der Waals surface area contributed by atoms with Gasteiger partial charge < -0.3 is 15.6 Å². The molecule has 2 aromatic heterocycles. The van der Waals surface area contributed by atoms with Crippen LogP contribution in [-0.2, 0) is 12.0 Å². The van der Waals surface area contributed by atoms with Crippen LogP contribution in [0.2, 0.25) is 5.15 Å². The van der Waals surface area contributed by atoms with E-state index < -0.39 is 12.5 Å². The Labute approximate surface area is 167 Å². The number of anilines is 2. The predicted octanol–water partition coefficient (Wildman–Crippen LogP) is 4.28. The molecular formula is C19H23ClF2N6. The van der Waals surface area contributed by atoms with Gasteiger partial charge in [-0.1, -0.05) is 38.4 Å². The second-order valence-electron chi connectivity index (χ2n) is 7.86. The minimum absolute atomic E-state index is 0.183. The second-order valence-corrected chi connectivity index (χ2v) is 8.22. The molecule has 6 nitrogen and oxygen atoms in total. The van der Waals surface area contributed by atoms with Gasteiger partial charge in [0, 0.05) is 42.9 Å². The lowest BCUT2D eigenvalue weighted by molar-refractivity contribution is 0.0256. The van der Waals surface area contributed by atoms with Crippen molar-refractivity contribution in [1.29, 1.82) is 5.41 Å². The number of halogens is 3. The Morgan fingerprint density at radius 2 is 2.11 bits per heavy atom. The van der Waals surface area contributed by atoms with Crippen LogP contribution in [0.25, 0.3) is 0 Å². The van der Waals surface area contributed by atoms with E-state index in [2.05, 4.69) is 20.3 Å². The summed E-state index contributed by atoms with van der Waals surface area (Å²) in [6.07, 6.45) is 2.47. The van der Waals surface area contributed by atoms with E-state index in [0.29, 0.717) is 34.7 Å². The van der Waals surface area contributed by atoms with Crippen molar-refractivity contribution in [3.8, 4) is 0 Å². The van der Waals surface area contributed by atoms with Crippen LogP contribution in [-0.4, -0.2) is 40.2 Å². The molecule has 0 atom stereocenters. The summed E-state index contributed by atoms with van der Waals surface area (Å²) in [5.74, 6) is -1.47. The molecule has 0 bridgehead atoms. The Hall–Kier alpha value is -2.35. The first kappa shape index (κ1) is 20.4. The molecule has 28 heavy (non-hydrogen) atoms. The highest BCUT2D eigenvalue weighted by atomic mass is 35.5. The third kappa shape index (κ3) is 4.38. The van der Waals surface area contributed by atoms with E-state index in [-0.39, 0.29) is 18.4 Å². The summed E-state index contributed by atoms with van der Waals surface area (Å²) in [5.41, 5.74) is 0.760. The van der Waals surface area contributed by atoms with Gasteiger partial charge in [-0.3, -0.25) is 0 Å². The van der Waals surface area contributed by atoms with Gasteiger partial charge in [0.25, 0.3) is 5.92 Å². The molecule has 0 radical (unpaired) electrons. The molecule has 0 aromatic carbocycles. The molecule has 1 saturated heterocycles. The number of rotatable bonds is 5. The lowest BCUT2D eigenvalue weighted by Crippen LogP contribution is -2.29. The average Bonchev–Trinajstić information content (AvgIpc) is 2.99. The summed E-state index contributed by atoms with van der Waals surface area (Å²) in [6.45, 7) is 5.97. The molecule has 0 unspecified atom stereocenters. The van der Waals surface area contributed by atoms with Gasteiger partial charge in [-0.15, -0.1) is 0 Å². The van der Waals surface area contributed by atoms with E-state index in [9.17, 15) is 8.78 Å². The van der Waals surface area contributed by atoms with Crippen LogP contribution in [0.3, 0.4) is 0 Å². The van der Waals surface area contributed by atoms with E-state index in [1.54, 1.807) is 12.3 Å². The molecule has 0 saturated carbocycles. The summed E-state index contributed by atoms with van der Waals surface area (Å²) < 4.78 is 27.6. The summed E-state index contributed by atoms with van der Waals surface area (Å²) >= 11 is 6.11. The van der Waals surface area contributed by atoms with Crippen LogP contribution in [0, 0.1) is 5.41 Å². The molecule has 3 rings (SSSR count). The van der Waals surface area contributed by atoms with Crippen molar-refractivity contribution in [2.45, 2.75) is 45.1 Å². The molecule has 1 aliphatic heterocycles. The molecule has 1 fully saturated rings. The van der Waals surface area contributed by atoms with Gasteiger partial charge in [-0.25, -0.2) is 23.7 Å². The predicted molar refractivity (Wildman–Crippen MR) is 107 cm³/mol. The van der Waals surface area contributed by atoms with Crippen molar-refractivity contribution in [2.75, 3.05) is 23.3 Å². The molecule has 3 heterocycles. The van der Waals surface area contributed by atoms with Crippen LogP contribution < -0.4 is 10.2 Å². The minimum atomic E-state index is -2.76. The van der Waals surface area contributed by atoms with Crippen molar-refractivity contribution in [3.63, 3.8) is 0 Å². The van der Waals surface area contributed by atoms with Crippen LogP contribution in [0.5, 0.6) is 0 Å². The monoisotopic (exact) mass is 408 g/mol. The number of alkyl halides is 2. The highest BCUT2D eigenvalue weighted by molar-refractivity contribution is 6.30. The smallest absolute Gasteiger partial charge is 0.266 e. The van der Waals surface area contributed by atoms with Gasteiger partial charge in [-0.2, -0.15) is 0 Å². The number of nitrogens with zero attached hydrogens (tertiary/aromatic N) is 4. The van der Waals surface area contributed by atoms with Crippen molar-refractivity contribution >= 4 is 29.5 Å². The number of pyridine rings is 1. The number of nitrogens with one attached hydrogen (secondary N) is 2. The molecular weight excluding hydrogens is 386 g/mol. The summed E-state index contributed by atoms with van der Waals surface area (Å²) in [7, 11) is 0. The Bertz CT molecular complexity index is 881. The highest BCUT2D eigenvalue weighted by Crippen LogP contribution is 2.34. The molecule has 2 N–H and O–H groups in total. The first-order valence-electron chi connectivity index (χ1n) is 9.00. The van der Waals surface area contributed by atoms with Crippen molar-refractivity contribution in [2.24, 2.45) is 0 Å². The molecule has 0 spiro atoms. The molecule has 0 aliphatic carbocycles. The van der Waals surface area contributed by atoms with Crippen LogP contribution in [0.1, 0.15) is 44.1 Å². The average molecular weight is 409 g/mol. The highest BCUT2D eigenvalue weighted by Gasteiger charge is 2.40. The van der Waals surface area contributed by atoms with Gasteiger partial charge in [0.05, 0.1) is 12.1 Å². The first-order valence-corrected chi connectivity index (χ1v) is 9.37. The normalized spacial score (nSPS) is 16.3. The van der Waals surface area contributed by atoms with Gasteiger partial charge in [0.2, 0.25) is 0 Å². The Kier molecular flexibility index (Phi) is 5.52. The Balaban J connectivity index is 2.01. The van der Waals surface area contributed by atoms with Gasteiger partial charge in [0.15, 0.2) is 0 Å². The van der Waals surface area contributed by atoms with Crippen molar-refractivity contribution in [1.82, 2.24) is 15.0 Å². The first-order chi connectivity index (χ1) is 13.1. The SMILES string of the molecule is CC(C)(C)c1nc(NCc2cccnc2Cl)c(C=N)c(N2CCC(F)(F)C2)n1. The Morgan fingerprint density at radius 3 is 2.68 bits per heavy atom. The zero-order valence-electron chi connectivity index (χ0n) is 16.1. The molecule has 150 valence electrons. The molecule has 0 amide bonds. The van der Waals surface area contributed by atoms with E-state index in [0.717, 1.165) is 11.8 Å². The van der Waals surface area contributed by atoms with Crippen LogP contribution in [0.15, 0.2) is 18.3 Å². The summed E-state index contributed by atoms with van der Waals surface area (Å²) in [5, 5.41) is 11.4. The lowest BCUT2D eigenvalue weighted by atomic mass is 9.95. The maximum atomic E-state index is 13.8. The fraction of sp³-hybridized carbons (Fsp3) is 0.474. The summed E-state index contributed by atoms with van der Waals surface area (Å²) in [6, 6.07) is 3.61. The van der Waals surface area contributed by atoms with Gasteiger partial charge in [0.1, 0.15) is 22.6 Å². The third-order valence-corrected chi connectivity index (χ3v) is 4.83. The lowest BCUT2D eigenvalue weighted by Gasteiger charge is -2.25. The maximum Gasteiger partial charge on any atom is 0.266 e. The standard InChI is InChI=1S/C19H23ClF2N6/c1-18(2,3)17-26-15(25-10-12-5-4-7-24-14(12)20)13(9-23)16(27-17)28-8-6-19(21,22)11-28/h4-5,7,9,23H,6,8,10-11H2,1-3H3,(H,25,26,27). The fourth-order valence-corrected chi connectivity index (χ4v) is 3.13. The van der Waals surface area contributed by atoms with E-state index >= 15 is 0 Å². The van der Waals surface area contributed by atoms with Crippen LogP contribution in [0.4, 0.5) is 20.4 Å². The molecule has 9 heteroatoms. The quantitative estimate of drug-likeness (QED) is 0.570. The molecule has 2 aromatic rings. The fourth-order valence-electron chi connectivity index (χ4n) is 2.95. The van der Waals surface area contributed by atoms with E-state index in [4.69, 9.17) is 17.0 Å². The van der Waals surface area contributed by atoms with Crippen molar-refractivity contribution < 1.29 is 8.78 Å².